The van der Waals surface area contributed by atoms with Crippen LogP contribution in [0.5, 0.6) is 0 Å². The molecular formula is C28H30N2O2. The van der Waals surface area contributed by atoms with Crippen molar-refractivity contribution in [3.8, 4) is 0 Å². The molecule has 4 bridgehead atoms. The third kappa shape index (κ3) is 2.39. The molecule has 0 spiro atoms. The first-order valence-electron chi connectivity index (χ1n) is 12.2. The SMILES string of the molecule is O=C(NC1CC(NC(=O)C23CC(c4ccccc4)(C2)C3)C1)C12CC(c3ccccc3)(C1)C2. The minimum absolute atomic E-state index is 0.123. The molecule has 7 fully saturated rings. The minimum Gasteiger partial charge on any atom is -0.353 e. The molecule has 0 heterocycles. The Morgan fingerprint density at radius 3 is 1.28 bits per heavy atom. The number of carbonyl (C=O) groups is 2. The zero-order valence-corrected chi connectivity index (χ0v) is 18.4. The fraction of sp³-hybridized carbons (Fsp3) is 0.500. The van der Waals surface area contributed by atoms with E-state index < -0.39 is 0 Å². The zero-order chi connectivity index (χ0) is 21.6. The molecule has 7 aliphatic rings. The predicted molar refractivity (Wildman–Crippen MR) is 122 cm³/mol. The zero-order valence-electron chi connectivity index (χ0n) is 18.4. The summed E-state index contributed by atoms with van der Waals surface area (Å²) in [6, 6.07) is 21.7. The molecule has 0 aromatic heterocycles. The van der Waals surface area contributed by atoms with Gasteiger partial charge in [0.2, 0.25) is 11.8 Å². The lowest BCUT2D eigenvalue weighted by molar-refractivity contribution is -0.179. The second-order valence-corrected chi connectivity index (χ2v) is 11.7. The average molecular weight is 427 g/mol. The van der Waals surface area contributed by atoms with Crippen LogP contribution in [0, 0.1) is 10.8 Å². The molecule has 0 unspecified atom stereocenters. The summed E-state index contributed by atoms with van der Waals surface area (Å²) >= 11 is 0. The second kappa shape index (κ2) is 6.03. The van der Waals surface area contributed by atoms with Crippen LogP contribution in [0.25, 0.3) is 0 Å². The van der Waals surface area contributed by atoms with Crippen molar-refractivity contribution in [2.75, 3.05) is 0 Å². The highest BCUT2D eigenvalue weighted by Crippen LogP contribution is 2.74. The Balaban J connectivity index is 0.870. The summed E-state index contributed by atoms with van der Waals surface area (Å²) < 4.78 is 0. The van der Waals surface area contributed by atoms with Gasteiger partial charge in [0.05, 0.1) is 10.8 Å². The third-order valence-electron chi connectivity index (χ3n) is 9.60. The molecule has 2 amide bonds. The average Bonchev–Trinajstić information content (AvgIpc) is 2.64. The van der Waals surface area contributed by atoms with Gasteiger partial charge in [0.25, 0.3) is 0 Å². The van der Waals surface area contributed by atoms with Crippen molar-refractivity contribution >= 4 is 11.8 Å². The molecule has 7 saturated carbocycles. The van der Waals surface area contributed by atoms with Gasteiger partial charge in [-0.15, -0.1) is 0 Å². The van der Waals surface area contributed by atoms with Crippen LogP contribution < -0.4 is 10.6 Å². The van der Waals surface area contributed by atoms with E-state index in [0.29, 0.717) is 0 Å². The van der Waals surface area contributed by atoms with Gasteiger partial charge in [0.1, 0.15) is 0 Å². The maximum atomic E-state index is 12.9. The molecule has 2 N–H and O–H groups in total. The van der Waals surface area contributed by atoms with Crippen LogP contribution in [0.1, 0.15) is 62.5 Å². The van der Waals surface area contributed by atoms with E-state index in [1.54, 1.807) is 0 Å². The molecule has 7 aliphatic carbocycles. The van der Waals surface area contributed by atoms with Crippen molar-refractivity contribution in [3.63, 3.8) is 0 Å². The van der Waals surface area contributed by atoms with Gasteiger partial charge in [-0.05, 0) is 73.3 Å². The van der Waals surface area contributed by atoms with Crippen LogP contribution >= 0.6 is 0 Å². The van der Waals surface area contributed by atoms with Crippen molar-refractivity contribution in [1.82, 2.24) is 10.6 Å². The first-order valence-corrected chi connectivity index (χ1v) is 12.2. The first kappa shape index (κ1) is 18.9. The smallest absolute Gasteiger partial charge is 0.226 e. The van der Waals surface area contributed by atoms with E-state index in [2.05, 4.69) is 71.3 Å². The van der Waals surface area contributed by atoms with Gasteiger partial charge in [-0.3, -0.25) is 9.59 Å². The molecule has 4 heteroatoms. The summed E-state index contributed by atoms with van der Waals surface area (Å²) in [4.78, 5) is 25.8. The maximum absolute atomic E-state index is 12.9. The van der Waals surface area contributed by atoms with Crippen molar-refractivity contribution in [2.45, 2.75) is 74.3 Å². The molecule has 164 valence electrons. The predicted octanol–water partition coefficient (Wildman–Crippen LogP) is 3.99. The Labute approximate surface area is 189 Å². The summed E-state index contributed by atoms with van der Waals surface area (Å²) in [6.07, 6.45) is 7.71. The van der Waals surface area contributed by atoms with E-state index in [4.69, 9.17) is 0 Å². The molecule has 2 aromatic carbocycles. The van der Waals surface area contributed by atoms with Gasteiger partial charge in [-0.2, -0.15) is 0 Å². The Bertz CT molecular complexity index is 976. The van der Waals surface area contributed by atoms with E-state index in [-0.39, 0.29) is 45.6 Å². The molecule has 9 rings (SSSR count). The highest BCUT2D eigenvalue weighted by atomic mass is 16.2. The largest absolute Gasteiger partial charge is 0.353 e. The number of hydrogen-bond acceptors (Lipinski definition) is 2. The number of benzene rings is 2. The summed E-state index contributed by atoms with van der Waals surface area (Å²) in [5.74, 6) is 0.489. The lowest BCUT2D eigenvalue weighted by Gasteiger charge is -2.70. The second-order valence-electron chi connectivity index (χ2n) is 11.7. The Morgan fingerprint density at radius 2 is 0.938 bits per heavy atom. The molecular weight excluding hydrogens is 396 g/mol. The van der Waals surface area contributed by atoms with Gasteiger partial charge < -0.3 is 10.6 Å². The minimum atomic E-state index is -0.123. The summed E-state index contributed by atoms with van der Waals surface area (Å²) in [5.41, 5.74) is 3.06. The van der Waals surface area contributed by atoms with E-state index in [0.717, 1.165) is 51.4 Å². The van der Waals surface area contributed by atoms with Crippen molar-refractivity contribution in [1.29, 1.82) is 0 Å². The summed E-state index contributed by atoms with van der Waals surface area (Å²) in [6.45, 7) is 0. The normalized spacial score (nSPS) is 42.1. The van der Waals surface area contributed by atoms with E-state index in [1.165, 1.54) is 11.1 Å². The number of rotatable bonds is 6. The van der Waals surface area contributed by atoms with E-state index in [1.807, 2.05) is 0 Å². The molecule has 0 atom stereocenters. The number of amides is 2. The quantitative estimate of drug-likeness (QED) is 0.734. The molecule has 32 heavy (non-hydrogen) atoms. The number of carbonyl (C=O) groups excluding carboxylic acids is 2. The molecule has 0 saturated heterocycles. The van der Waals surface area contributed by atoms with Crippen molar-refractivity contribution in [3.05, 3.63) is 71.8 Å². The first-order chi connectivity index (χ1) is 15.5. The third-order valence-corrected chi connectivity index (χ3v) is 9.60. The lowest BCUT2D eigenvalue weighted by atomic mass is 9.33. The maximum Gasteiger partial charge on any atom is 0.226 e. The number of nitrogens with one attached hydrogen (secondary N) is 2. The highest BCUT2D eigenvalue weighted by molar-refractivity contribution is 5.89. The van der Waals surface area contributed by atoms with Crippen LogP contribution in [0.4, 0.5) is 0 Å². The lowest BCUT2D eigenvalue weighted by Crippen LogP contribution is -2.72. The van der Waals surface area contributed by atoms with Gasteiger partial charge >= 0.3 is 0 Å². The van der Waals surface area contributed by atoms with Crippen LogP contribution in [0.15, 0.2) is 60.7 Å². The molecule has 0 radical (unpaired) electrons. The Kier molecular flexibility index (Phi) is 3.56. The van der Waals surface area contributed by atoms with Gasteiger partial charge in [0, 0.05) is 12.1 Å². The van der Waals surface area contributed by atoms with Crippen LogP contribution in [0.2, 0.25) is 0 Å². The van der Waals surface area contributed by atoms with Crippen LogP contribution in [-0.2, 0) is 20.4 Å². The Morgan fingerprint density at radius 1 is 0.594 bits per heavy atom. The summed E-state index contributed by atoms with van der Waals surface area (Å²) in [7, 11) is 0. The van der Waals surface area contributed by atoms with Crippen LogP contribution in [-0.4, -0.2) is 23.9 Å². The van der Waals surface area contributed by atoms with Crippen LogP contribution in [0.3, 0.4) is 0 Å². The standard InChI is InChI=1S/C28H30N2O2/c31-23(27-13-25(14-27,15-27)19-7-3-1-4-8-19)29-21-11-22(12-21)30-24(32)28-16-26(17-28,18-28)20-9-5-2-6-10-20/h1-10,21-22H,11-18H2,(H,29,31)(H,30,32). The van der Waals surface area contributed by atoms with E-state index in [9.17, 15) is 9.59 Å². The van der Waals surface area contributed by atoms with Crippen molar-refractivity contribution in [2.24, 2.45) is 10.8 Å². The molecule has 2 aromatic rings. The van der Waals surface area contributed by atoms with Crippen molar-refractivity contribution < 1.29 is 9.59 Å². The topological polar surface area (TPSA) is 58.2 Å². The fourth-order valence-corrected chi connectivity index (χ4v) is 7.78. The van der Waals surface area contributed by atoms with Gasteiger partial charge in [-0.1, -0.05) is 60.7 Å². The molecule has 4 nitrogen and oxygen atoms in total. The summed E-state index contributed by atoms with van der Waals surface area (Å²) in [5, 5.41) is 6.57. The van der Waals surface area contributed by atoms with Gasteiger partial charge in [-0.25, -0.2) is 0 Å². The van der Waals surface area contributed by atoms with E-state index >= 15 is 0 Å². The Hall–Kier alpha value is -2.62. The highest BCUT2D eigenvalue weighted by Gasteiger charge is 2.73. The fourth-order valence-electron chi connectivity index (χ4n) is 7.78. The monoisotopic (exact) mass is 426 g/mol. The van der Waals surface area contributed by atoms with Gasteiger partial charge in [0.15, 0.2) is 0 Å². The number of hydrogen-bond donors (Lipinski definition) is 2. The molecule has 0 aliphatic heterocycles.